The van der Waals surface area contributed by atoms with E-state index in [9.17, 15) is 0 Å². The fraction of sp³-hybridized carbons (Fsp3) is 0.636. The minimum atomic E-state index is 0.651. The van der Waals surface area contributed by atoms with Gasteiger partial charge in [0.1, 0.15) is 0 Å². The smallest absolute Gasteiger partial charge is 0.0193 e. The van der Waals surface area contributed by atoms with E-state index >= 15 is 0 Å². The summed E-state index contributed by atoms with van der Waals surface area (Å²) in [4.78, 5) is 0. The van der Waals surface area contributed by atoms with Gasteiger partial charge in [0.25, 0.3) is 0 Å². The molecule has 0 radical (unpaired) electrons. The summed E-state index contributed by atoms with van der Waals surface area (Å²) in [5, 5.41) is 0. The van der Waals surface area contributed by atoms with Gasteiger partial charge in [0.05, 0.1) is 0 Å². The monoisotopic (exact) mass is 165 g/mol. The fourth-order valence-electron chi connectivity index (χ4n) is 2.04. The van der Waals surface area contributed by atoms with Gasteiger partial charge in [0.15, 0.2) is 0 Å². The van der Waals surface area contributed by atoms with Crippen LogP contribution in [-0.2, 0) is 6.54 Å². The summed E-state index contributed by atoms with van der Waals surface area (Å²) >= 11 is 0. The Morgan fingerprint density at radius 3 is 2.17 bits per heavy atom. The van der Waals surface area contributed by atoms with Crippen LogP contribution in [0, 0.1) is 13.8 Å². The maximum Gasteiger partial charge on any atom is 0.0193 e. The second-order valence-corrected chi connectivity index (χ2v) is 3.75. The largest absolute Gasteiger partial charge is 0.351 e. The van der Waals surface area contributed by atoms with Crippen LogP contribution in [0.3, 0.4) is 0 Å². The van der Waals surface area contributed by atoms with Crippen molar-refractivity contribution in [3.05, 3.63) is 23.0 Å². The van der Waals surface area contributed by atoms with Crippen molar-refractivity contribution in [3.63, 3.8) is 0 Å². The minimum absolute atomic E-state index is 0.651. The van der Waals surface area contributed by atoms with E-state index in [1.54, 1.807) is 0 Å². The van der Waals surface area contributed by atoms with Crippen LogP contribution in [0.1, 0.15) is 43.5 Å². The van der Waals surface area contributed by atoms with Gasteiger partial charge in [-0.1, -0.05) is 13.8 Å². The van der Waals surface area contributed by atoms with E-state index in [4.69, 9.17) is 0 Å². The molecule has 1 rings (SSSR count). The molecule has 1 nitrogen and oxygen atoms in total. The summed E-state index contributed by atoms with van der Waals surface area (Å²) < 4.78 is 2.32. The maximum atomic E-state index is 2.32. The molecule has 1 aromatic heterocycles. The molecule has 12 heavy (non-hydrogen) atoms. The van der Waals surface area contributed by atoms with E-state index in [1.165, 1.54) is 16.8 Å². The summed E-state index contributed by atoms with van der Waals surface area (Å²) in [5.74, 6) is 0.651. The number of nitrogens with zero attached hydrogens (tertiary/aromatic N) is 1. The van der Waals surface area contributed by atoms with Crippen molar-refractivity contribution in [2.24, 2.45) is 0 Å². The van der Waals surface area contributed by atoms with Gasteiger partial charge >= 0.3 is 0 Å². The topological polar surface area (TPSA) is 4.93 Å². The molecule has 0 N–H and O–H groups in total. The molecule has 1 aromatic rings. The third-order valence-corrected chi connectivity index (χ3v) is 2.51. The lowest BCUT2D eigenvalue weighted by Crippen LogP contribution is -1.97. The van der Waals surface area contributed by atoms with Gasteiger partial charge in [-0.15, -0.1) is 0 Å². The van der Waals surface area contributed by atoms with E-state index in [1.807, 2.05) is 0 Å². The molecule has 0 fully saturated rings. The number of rotatable bonds is 2. The number of aromatic nitrogens is 1. The van der Waals surface area contributed by atoms with Gasteiger partial charge in [-0.2, -0.15) is 0 Å². The van der Waals surface area contributed by atoms with Gasteiger partial charge in [0.2, 0.25) is 0 Å². The predicted octanol–water partition coefficient (Wildman–Crippen LogP) is 3.25. The lowest BCUT2D eigenvalue weighted by Gasteiger charge is -2.07. The highest BCUT2D eigenvalue weighted by Gasteiger charge is 2.10. The first-order valence-corrected chi connectivity index (χ1v) is 4.74. The van der Waals surface area contributed by atoms with Crippen molar-refractivity contribution in [2.45, 2.75) is 47.1 Å². The summed E-state index contributed by atoms with van der Waals surface area (Å²) in [6, 6.07) is 0. The highest BCUT2D eigenvalue weighted by molar-refractivity contribution is 5.33. The van der Waals surface area contributed by atoms with Crippen molar-refractivity contribution in [1.82, 2.24) is 4.57 Å². The van der Waals surface area contributed by atoms with Crippen molar-refractivity contribution < 1.29 is 0 Å². The Hall–Kier alpha value is -0.720. The molecule has 0 saturated carbocycles. The SMILES string of the molecule is CCn1cc(C)c(C(C)C)c1C. The standard InChI is InChI=1S/C11H19N/c1-6-12-7-9(4)11(8(2)3)10(12)5/h7-8H,6H2,1-5H3. The van der Waals surface area contributed by atoms with Crippen LogP contribution in [0.25, 0.3) is 0 Å². The second-order valence-electron chi connectivity index (χ2n) is 3.75. The van der Waals surface area contributed by atoms with Crippen molar-refractivity contribution in [3.8, 4) is 0 Å². The quantitative estimate of drug-likeness (QED) is 0.634. The van der Waals surface area contributed by atoms with Gasteiger partial charge < -0.3 is 4.57 Å². The van der Waals surface area contributed by atoms with Crippen molar-refractivity contribution in [1.29, 1.82) is 0 Å². The lowest BCUT2D eigenvalue weighted by molar-refractivity contribution is 0.728. The molecule has 1 heterocycles. The minimum Gasteiger partial charge on any atom is -0.351 e. The molecule has 0 unspecified atom stereocenters. The first-order valence-electron chi connectivity index (χ1n) is 4.74. The van der Waals surface area contributed by atoms with Gasteiger partial charge in [-0.05, 0) is 37.8 Å². The number of hydrogen-bond donors (Lipinski definition) is 0. The number of aryl methyl sites for hydroxylation is 2. The third-order valence-electron chi connectivity index (χ3n) is 2.51. The van der Waals surface area contributed by atoms with Crippen LogP contribution in [0.4, 0.5) is 0 Å². The van der Waals surface area contributed by atoms with Crippen LogP contribution in [-0.4, -0.2) is 4.57 Å². The summed E-state index contributed by atoms with van der Waals surface area (Å²) in [7, 11) is 0. The van der Waals surface area contributed by atoms with Crippen LogP contribution in [0.5, 0.6) is 0 Å². The molecular weight excluding hydrogens is 146 g/mol. The highest BCUT2D eigenvalue weighted by Crippen LogP contribution is 2.24. The highest BCUT2D eigenvalue weighted by atomic mass is 15.0. The second kappa shape index (κ2) is 3.34. The molecule has 0 atom stereocenters. The Morgan fingerprint density at radius 1 is 1.33 bits per heavy atom. The van der Waals surface area contributed by atoms with Crippen LogP contribution in [0.15, 0.2) is 6.20 Å². The van der Waals surface area contributed by atoms with E-state index in [0.717, 1.165) is 6.54 Å². The molecule has 0 saturated heterocycles. The maximum absolute atomic E-state index is 2.32. The van der Waals surface area contributed by atoms with Crippen LogP contribution >= 0.6 is 0 Å². The summed E-state index contributed by atoms with van der Waals surface area (Å²) in [6.07, 6.45) is 2.25. The molecule has 1 heteroatoms. The van der Waals surface area contributed by atoms with Gasteiger partial charge in [-0.25, -0.2) is 0 Å². The Kier molecular flexibility index (Phi) is 2.61. The van der Waals surface area contributed by atoms with E-state index < -0.39 is 0 Å². The molecular formula is C11H19N. The Labute approximate surface area is 75.4 Å². The van der Waals surface area contributed by atoms with E-state index in [0.29, 0.717) is 5.92 Å². The average molecular weight is 165 g/mol. The molecule has 68 valence electrons. The zero-order chi connectivity index (χ0) is 9.30. The fourth-order valence-corrected chi connectivity index (χ4v) is 2.04. The molecule has 0 aliphatic carbocycles. The Bertz CT molecular complexity index is 269. The zero-order valence-corrected chi connectivity index (χ0v) is 8.81. The van der Waals surface area contributed by atoms with Crippen molar-refractivity contribution in [2.75, 3.05) is 0 Å². The van der Waals surface area contributed by atoms with E-state index in [-0.39, 0.29) is 0 Å². The summed E-state index contributed by atoms with van der Waals surface area (Å²) in [6.45, 7) is 12.2. The molecule has 0 aliphatic rings. The van der Waals surface area contributed by atoms with Crippen molar-refractivity contribution >= 4 is 0 Å². The van der Waals surface area contributed by atoms with E-state index in [2.05, 4.69) is 45.4 Å². The van der Waals surface area contributed by atoms with Gasteiger partial charge in [-0.3, -0.25) is 0 Å². The Balaban J connectivity index is 3.19. The van der Waals surface area contributed by atoms with Gasteiger partial charge in [0, 0.05) is 18.4 Å². The Morgan fingerprint density at radius 2 is 1.92 bits per heavy atom. The normalized spacial score (nSPS) is 11.2. The molecule has 0 spiro atoms. The first-order chi connectivity index (χ1) is 5.57. The first kappa shape index (κ1) is 9.37. The average Bonchev–Trinajstić information content (AvgIpc) is 2.25. The molecule has 0 bridgehead atoms. The third kappa shape index (κ3) is 1.40. The van der Waals surface area contributed by atoms with Crippen LogP contribution < -0.4 is 0 Å². The predicted molar refractivity (Wildman–Crippen MR) is 53.7 cm³/mol. The zero-order valence-electron chi connectivity index (χ0n) is 8.81. The molecule has 0 amide bonds. The molecule has 0 aromatic carbocycles. The summed E-state index contributed by atoms with van der Waals surface area (Å²) in [5.41, 5.74) is 4.39. The molecule has 0 aliphatic heterocycles. The van der Waals surface area contributed by atoms with Crippen LogP contribution in [0.2, 0.25) is 0 Å². The lowest BCUT2D eigenvalue weighted by atomic mass is 10.0. The number of hydrogen-bond acceptors (Lipinski definition) is 0.